The standard InChI is InChI=1S/C16H22N6/c1-12-14(13-9-7-6-8-10-13)18-16(22(4)5)19-15(12)20-17-11-21(2)3/h6-11H,1-5H3,(H,18,19,20)/b17-11+. The van der Waals surface area contributed by atoms with Crippen molar-refractivity contribution in [2.75, 3.05) is 38.5 Å². The lowest BCUT2D eigenvalue weighted by atomic mass is 10.1. The van der Waals surface area contributed by atoms with E-state index in [0.717, 1.165) is 16.8 Å². The minimum atomic E-state index is 0.645. The highest BCUT2D eigenvalue weighted by molar-refractivity contribution is 5.70. The normalized spacial score (nSPS) is 10.8. The quantitative estimate of drug-likeness (QED) is 0.522. The molecule has 0 saturated heterocycles. The summed E-state index contributed by atoms with van der Waals surface area (Å²) >= 11 is 0. The maximum atomic E-state index is 4.66. The van der Waals surface area contributed by atoms with Gasteiger partial charge in [0.15, 0.2) is 5.82 Å². The molecular formula is C16H22N6. The second-order valence-corrected chi connectivity index (χ2v) is 5.43. The Bertz CT molecular complexity index is 649. The van der Waals surface area contributed by atoms with Gasteiger partial charge in [-0.2, -0.15) is 10.1 Å². The first-order chi connectivity index (χ1) is 10.5. The van der Waals surface area contributed by atoms with E-state index in [-0.39, 0.29) is 0 Å². The topological polar surface area (TPSA) is 56.7 Å². The van der Waals surface area contributed by atoms with Crippen molar-refractivity contribution >= 4 is 18.1 Å². The second kappa shape index (κ2) is 6.89. The molecular weight excluding hydrogens is 276 g/mol. The average molecular weight is 298 g/mol. The van der Waals surface area contributed by atoms with Crippen molar-refractivity contribution in [2.45, 2.75) is 6.92 Å². The molecule has 0 aliphatic heterocycles. The second-order valence-electron chi connectivity index (χ2n) is 5.43. The predicted octanol–water partition coefficient (Wildman–Crippen LogP) is 2.43. The number of rotatable bonds is 5. The van der Waals surface area contributed by atoms with Gasteiger partial charge in [-0.05, 0) is 6.92 Å². The monoisotopic (exact) mass is 298 g/mol. The van der Waals surface area contributed by atoms with Crippen LogP contribution in [0.3, 0.4) is 0 Å². The van der Waals surface area contributed by atoms with Crippen LogP contribution in [0.15, 0.2) is 35.4 Å². The van der Waals surface area contributed by atoms with Crippen molar-refractivity contribution in [2.24, 2.45) is 5.10 Å². The van der Waals surface area contributed by atoms with Crippen molar-refractivity contribution in [3.05, 3.63) is 35.9 Å². The minimum absolute atomic E-state index is 0.645. The van der Waals surface area contributed by atoms with E-state index < -0.39 is 0 Å². The van der Waals surface area contributed by atoms with Gasteiger partial charge in [0.2, 0.25) is 5.95 Å². The Morgan fingerprint density at radius 2 is 1.73 bits per heavy atom. The van der Waals surface area contributed by atoms with Gasteiger partial charge in [0.25, 0.3) is 0 Å². The smallest absolute Gasteiger partial charge is 0.227 e. The number of benzene rings is 1. The molecule has 116 valence electrons. The molecule has 0 aliphatic rings. The first kappa shape index (κ1) is 15.8. The Morgan fingerprint density at radius 3 is 2.32 bits per heavy atom. The number of nitrogens with zero attached hydrogens (tertiary/aromatic N) is 5. The highest BCUT2D eigenvalue weighted by atomic mass is 15.4. The van der Waals surface area contributed by atoms with E-state index in [2.05, 4.69) is 20.5 Å². The highest BCUT2D eigenvalue weighted by Crippen LogP contribution is 2.27. The van der Waals surface area contributed by atoms with E-state index in [1.54, 1.807) is 6.34 Å². The number of anilines is 2. The molecule has 0 saturated carbocycles. The lowest BCUT2D eigenvalue weighted by Gasteiger charge is -2.16. The molecule has 1 aromatic heterocycles. The van der Waals surface area contributed by atoms with Crippen LogP contribution >= 0.6 is 0 Å². The third-order valence-corrected chi connectivity index (χ3v) is 3.04. The van der Waals surface area contributed by atoms with Gasteiger partial charge in [-0.1, -0.05) is 30.3 Å². The SMILES string of the molecule is Cc1c(N/N=C/N(C)C)nc(N(C)C)nc1-c1ccccc1. The van der Waals surface area contributed by atoms with Gasteiger partial charge in [0, 0.05) is 39.3 Å². The summed E-state index contributed by atoms with van der Waals surface area (Å²) in [6, 6.07) is 10.1. The van der Waals surface area contributed by atoms with Gasteiger partial charge in [-0.3, -0.25) is 5.43 Å². The molecule has 2 rings (SSSR count). The molecule has 0 bridgehead atoms. The van der Waals surface area contributed by atoms with Crippen LogP contribution in [-0.4, -0.2) is 49.4 Å². The zero-order valence-corrected chi connectivity index (χ0v) is 13.7. The maximum absolute atomic E-state index is 4.66. The summed E-state index contributed by atoms with van der Waals surface area (Å²) in [6.45, 7) is 2.00. The summed E-state index contributed by atoms with van der Waals surface area (Å²) in [5, 5.41) is 4.18. The van der Waals surface area contributed by atoms with Crippen LogP contribution in [0.4, 0.5) is 11.8 Å². The largest absolute Gasteiger partial charge is 0.367 e. The van der Waals surface area contributed by atoms with Crippen molar-refractivity contribution in [1.82, 2.24) is 14.9 Å². The summed E-state index contributed by atoms with van der Waals surface area (Å²) in [5.41, 5.74) is 5.93. The molecule has 0 amide bonds. The first-order valence-electron chi connectivity index (χ1n) is 7.06. The van der Waals surface area contributed by atoms with Gasteiger partial charge < -0.3 is 9.80 Å². The third-order valence-electron chi connectivity index (χ3n) is 3.04. The Balaban J connectivity index is 2.47. The predicted molar refractivity (Wildman–Crippen MR) is 92.3 cm³/mol. The van der Waals surface area contributed by atoms with Crippen molar-refractivity contribution in [3.63, 3.8) is 0 Å². The summed E-state index contributed by atoms with van der Waals surface area (Å²) in [4.78, 5) is 12.9. The average Bonchev–Trinajstić information content (AvgIpc) is 2.49. The molecule has 1 N–H and O–H groups in total. The fourth-order valence-electron chi connectivity index (χ4n) is 1.90. The summed E-state index contributed by atoms with van der Waals surface area (Å²) in [5.74, 6) is 1.35. The Morgan fingerprint density at radius 1 is 1.05 bits per heavy atom. The van der Waals surface area contributed by atoms with Gasteiger partial charge in [0.1, 0.15) is 6.34 Å². The molecule has 22 heavy (non-hydrogen) atoms. The molecule has 1 aromatic carbocycles. The molecule has 0 aliphatic carbocycles. The first-order valence-corrected chi connectivity index (χ1v) is 7.06. The third kappa shape index (κ3) is 3.72. The van der Waals surface area contributed by atoms with Crippen molar-refractivity contribution in [3.8, 4) is 11.3 Å². The summed E-state index contributed by atoms with van der Waals surface area (Å²) < 4.78 is 0. The lowest BCUT2D eigenvalue weighted by molar-refractivity contribution is 0.641. The number of hydrogen-bond donors (Lipinski definition) is 1. The van der Waals surface area contributed by atoms with Crippen LogP contribution in [0.25, 0.3) is 11.3 Å². The Labute approximate surface area is 131 Å². The maximum Gasteiger partial charge on any atom is 0.227 e. The van der Waals surface area contributed by atoms with Crippen LogP contribution in [0.2, 0.25) is 0 Å². The van der Waals surface area contributed by atoms with Crippen LogP contribution in [0, 0.1) is 6.92 Å². The molecule has 0 fully saturated rings. The molecule has 2 aromatic rings. The zero-order valence-electron chi connectivity index (χ0n) is 13.7. The zero-order chi connectivity index (χ0) is 16.1. The van der Waals surface area contributed by atoms with E-state index in [0.29, 0.717) is 11.8 Å². The molecule has 6 heteroatoms. The van der Waals surface area contributed by atoms with E-state index in [1.165, 1.54) is 0 Å². The Kier molecular flexibility index (Phi) is 4.93. The van der Waals surface area contributed by atoms with Gasteiger partial charge >= 0.3 is 0 Å². The summed E-state index contributed by atoms with van der Waals surface area (Å²) in [7, 11) is 7.68. The minimum Gasteiger partial charge on any atom is -0.367 e. The van der Waals surface area contributed by atoms with E-state index in [9.17, 15) is 0 Å². The van der Waals surface area contributed by atoms with Crippen molar-refractivity contribution < 1.29 is 0 Å². The fourth-order valence-corrected chi connectivity index (χ4v) is 1.90. The molecule has 0 atom stereocenters. The molecule has 0 unspecified atom stereocenters. The number of hydrogen-bond acceptors (Lipinski definition) is 5. The lowest BCUT2D eigenvalue weighted by Crippen LogP contribution is -2.15. The van der Waals surface area contributed by atoms with Crippen LogP contribution in [0.5, 0.6) is 0 Å². The number of aromatic nitrogens is 2. The van der Waals surface area contributed by atoms with Gasteiger partial charge in [0.05, 0.1) is 5.69 Å². The molecule has 6 nitrogen and oxygen atoms in total. The van der Waals surface area contributed by atoms with Gasteiger partial charge in [-0.15, -0.1) is 0 Å². The number of nitrogens with one attached hydrogen (secondary N) is 1. The summed E-state index contributed by atoms with van der Waals surface area (Å²) in [6.07, 6.45) is 1.69. The van der Waals surface area contributed by atoms with E-state index in [4.69, 9.17) is 0 Å². The molecule has 0 radical (unpaired) electrons. The number of hydrazone groups is 1. The highest BCUT2D eigenvalue weighted by Gasteiger charge is 2.13. The Hall–Kier alpha value is -2.63. The molecule has 1 heterocycles. The van der Waals surface area contributed by atoms with Crippen LogP contribution in [-0.2, 0) is 0 Å². The molecule has 0 spiro atoms. The van der Waals surface area contributed by atoms with Crippen LogP contribution < -0.4 is 10.3 Å². The van der Waals surface area contributed by atoms with Gasteiger partial charge in [-0.25, -0.2) is 4.98 Å². The van der Waals surface area contributed by atoms with Crippen LogP contribution in [0.1, 0.15) is 5.56 Å². The fraction of sp³-hybridized carbons (Fsp3) is 0.312. The van der Waals surface area contributed by atoms with Crippen molar-refractivity contribution in [1.29, 1.82) is 0 Å². The van der Waals surface area contributed by atoms with E-state index >= 15 is 0 Å². The van der Waals surface area contributed by atoms with E-state index in [1.807, 2.05) is 75.2 Å².